The van der Waals surface area contributed by atoms with Crippen molar-refractivity contribution < 1.29 is 23.1 Å². The third kappa shape index (κ3) is 6.26. The standard InChI is InChI=1S/C19H23ClN6.C2HF3O2/c1-12-18(23-14-8-6-13(21)7-9-14)25-17-10-11-22-26(17)19(12)24-16-5-3-2-4-15(16)20;3-2(4,5)1(6)7/h2-5,10-11,13-14,24H,6-9,21H2,1H3,(H,23,25);(H,6,7). The molecule has 33 heavy (non-hydrogen) atoms. The number of benzene rings is 1. The van der Waals surface area contributed by atoms with E-state index in [1.54, 1.807) is 10.7 Å². The van der Waals surface area contributed by atoms with Gasteiger partial charge >= 0.3 is 12.1 Å². The number of aromatic nitrogens is 3. The monoisotopic (exact) mass is 484 g/mol. The van der Waals surface area contributed by atoms with Crippen molar-refractivity contribution in [3.8, 4) is 0 Å². The van der Waals surface area contributed by atoms with Crippen molar-refractivity contribution in [1.82, 2.24) is 14.6 Å². The smallest absolute Gasteiger partial charge is 0.475 e. The van der Waals surface area contributed by atoms with E-state index in [4.69, 9.17) is 32.2 Å². The molecule has 2 aromatic heterocycles. The molecule has 0 spiro atoms. The van der Waals surface area contributed by atoms with Gasteiger partial charge < -0.3 is 21.5 Å². The first kappa shape index (κ1) is 24.6. The fourth-order valence-electron chi connectivity index (χ4n) is 3.46. The first-order chi connectivity index (χ1) is 15.6. The second-order valence-electron chi connectivity index (χ2n) is 7.70. The molecular weight excluding hydrogens is 461 g/mol. The van der Waals surface area contributed by atoms with Gasteiger partial charge in [-0.2, -0.15) is 22.8 Å². The maximum absolute atomic E-state index is 10.6. The molecule has 5 N–H and O–H groups in total. The number of nitrogens with zero attached hydrogens (tertiary/aromatic N) is 3. The molecule has 1 saturated carbocycles. The molecule has 1 aliphatic rings. The fraction of sp³-hybridized carbons (Fsp3) is 0.381. The molecule has 1 aliphatic carbocycles. The van der Waals surface area contributed by atoms with E-state index in [0.717, 1.165) is 54.2 Å². The Kier molecular flexibility index (Phi) is 7.65. The predicted molar refractivity (Wildman–Crippen MR) is 120 cm³/mol. The Morgan fingerprint density at radius 1 is 1.21 bits per heavy atom. The molecular formula is C21H24ClF3N6O2. The molecule has 4 rings (SSSR count). The van der Waals surface area contributed by atoms with Crippen molar-refractivity contribution in [2.24, 2.45) is 5.73 Å². The molecule has 12 heteroatoms. The molecule has 0 amide bonds. The first-order valence-electron chi connectivity index (χ1n) is 10.2. The van der Waals surface area contributed by atoms with Gasteiger partial charge in [0.1, 0.15) is 11.6 Å². The third-order valence-electron chi connectivity index (χ3n) is 5.25. The number of alkyl halides is 3. The number of fused-ring (bicyclic) bond motifs is 1. The van der Waals surface area contributed by atoms with Crippen LogP contribution >= 0.6 is 11.6 Å². The lowest BCUT2D eigenvalue weighted by atomic mass is 9.92. The van der Waals surface area contributed by atoms with Crippen molar-refractivity contribution in [1.29, 1.82) is 0 Å². The minimum Gasteiger partial charge on any atom is -0.475 e. The largest absolute Gasteiger partial charge is 0.490 e. The minimum atomic E-state index is -5.08. The number of rotatable bonds is 4. The molecule has 0 bridgehead atoms. The van der Waals surface area contributed by atoms with E-state index in [1.165, 1.54) is 0 Å². The molecule has 8 nitrogen and oxygen atoms in total. The van der Waals surface area contributed by atoms with E-state index in [2.05, 4.69) is 15.7 Å². The number of para-hydroxylation sites is 1. The average Bonchev–Trinajstić information content (AvgIpc) is 3.22. The second-order valence-corrected chi connectivity index (χ2v) is 8.11. The summed E-state index contributed by atoms with van der Waals surface area (Å²) in [6.07, 6.45) is 0.912. The number of nitrogens with two attached hydrogens (primary N) is 1. The normalized spacial score (nSPS) is 18.4. The predicted octanol–water partition coefficient (Wildman–Crippen LogP) is 4.75. The van der Waals surface area contributed by atoms with Crippen LogP contribution in [0.2, 0.25) is 5.02 Å². The Morgan fingerprint density at radius 3 is 2.45 bits per heavy atom. The molecule has 3 aromatic rings. The van der Waals surface area contributed by atoms with Crippen LogP contribution in [0.25, 0.3) is 5.65 Å². The molecule has 1 fully saturated rings. The van der Waals surface area contributed by atoms with Gasteiger partial charge in [-0.05, 0) is 44.7 Å². The third-order valence-corrected chi connectivity index (χ3v) is 5.58. The summed E-state index contributed by atoms with van der Waals surface area (Å²) in [5.41, 5.74) is 8.67. The lowest BCUT2D eigenvalue weighted by molar-refractivity contribution is -0.192. The number of aliphatic carboxylic acids is 1. The summed E-state index contributed by atoms with van der Waals surface area (Å²) in [4.78, 5) is 13.7. The summed E-state index contributed by atoms with van der Waals surface area (Å²) >= 11 is 6.33. The van der Waals surface area contributed by atoms with Crippen molar-refractivity contribution in [3.05, 3.63) is 47.1 Å². The van der Waals surface area contributed by atoms with Crippen LogP contribution in [0.15, 0.2) is 36.5 Å². The van der Waals surface area contributed by atoms with Crippen LogP contribution in [0.5, 0.6) is 0 Å². The van der Waals surface area contributed by atoms with Gasteiger partial charge in [0.25, 0.3) is 0 Å². The summed E-state index contributed by atoms with van der Waals surface area (Å²) in [5, 5.41) is 19.2. The molecule has 0 radical (unpaired) electrons. The quantitative estimate of drug-likeness (QED) is 0.422. The number of carboxylic acids is 1. The lowest BCUT2D eigenvalue weighted by Gasteiger charge is -2.28. The SMILES string of the molecule is Cc1c(NC2CCC(N)CC2)nc2ccnn2c1Nc1ccccc1Cl.O=C(O)C(F)(F)F. The highest BCUT2D eigenvalue weighted by Gasteiger charge is 2.38. The van der Waals surface area contributed by atoms with Crippen molar-refractivity contribution in [2.75, 3.05) is 10.6 Å². The van der Waals surface area contributed by atoms with Gasteiger partial charge in [-0.3, -0.25) is 0 Å². The van der Waals surface area contributed by atoms with E-state index in [1.807, 2.05) is 37.3 Å². The number of carboxylic acid groups (broad SMARTS) is 1. The maximum atomic E-state index is 10.6. The molecule has 0 saturated heterocycles. The molecule has 178 valence electrons. The molecule has 1 aromatic carbocycles. The van der Waals surface area contributed by atoms with E-state index in [-0.39, 0.29) is 0 Å². The Hall–Kier alpha value is -3.05. The zero-order valence-corrected chi connectivity index (χ0v) is 18.5. The Morgan fingerprint density at radius 2 is 1.85 bits per heavy atom. The summed E-state index contributed by atoms with van der Waals surface area (Å²) in [5.74, 6) is -1.01. The van der Waals surface area contributed by atoms with Gasteiger partial charge in [0, 0.05) is 23.7 Å². The summed E-state index contributed by atoms with van der Waals surface area (Å²) < 4.78 is 33.5. The highest BCUT2D eigenvalue weighted by atomic mass is 35.5. The maximum Gasteiger partial charge on any atom is 0.490 e. The molecule has 0 unspecified atom stereocenters. The van der Waals surface area contributed by atoms with Crippen molar-refractivity contribution >= 4 is 40.5 Å². The Bertz CT molecular complexity index is 1110. The fourth-order valence-corrected chi connectivity index (χ4v) is 3.64. The molecule has 0 aliphatic heterocycles. The number of hydrogen-bond acceptors (Lipinski definition) is 6. The van der Waals surface area contributed by atoms with Crippen LogP contribution in [0.1, 0.15) is 31.2 Å². The summed E-state index contributed by atoms with van der Waals surface area (Å²) in [6, 6.07) is 10.3. The van der Waals surface area contributed by atoms with Gasteiger partial charge in [0.2, 0.25) is 0 Å². The number of nitrogens with one attached hydrogen (secondary N) is 2. The van der Waals surface area contributed by atoms with E-state index < -0.39 is 12.1 Å². The van der Waals surface area contributed by atoms with Crippen LogP contribution in [0.3, 0.4) is 0 Å². The van der Waals surface area contributed by atoms with Gasteiger partial charge in [-0.1, -0.05) is 23.7 Å². The second kappa shape index (κ2) is 10.3. The minimum absolute atomic E-state index is 0.330. The van der Waals surface area contributed by atoms with Crippen LogP contribution in [0, 0.1) is 6.92 Å². The lowest BCUT2D eigenvalue weighted by Crippen LogP contribution is -2.33. The molecule has 0 atom stereocenters. The van der Waals surface area contributed by atoms with Crippen molar-refractivity contribution in [2.45, 2.75) is 50.9 Å². The van der Waals surface area contributed by atoms with Gasteiger partial charge in [-0.25, -0.2) is 9.78 Å². The topological polar surface area (TPSA) is 118 Å². The highest BCUT2D eigenvalue weighted by molar-refractivity contribution is 6.33. The number of anilines is 3. The molecule has 2 heterocycles. The van der Waals surface area contributed by atoms with Crippen LogP contribution in [0.4, 0.5) is 30.5 Å². The summed E-state index contributed by atoms with van der Waals surface area (Å²) in [6.45, 7) is 2.05. The van der Waals surface area contributed by atoms with Gasteiger partial charge in [0.05, 0.1) is 16.9 Å². The van der Waals surface area contributed by atoms with Crippen LogP contribution in [-0.2, 0) is 4.79 Å². The van der Waals surface area contributed by atoms with E-state index in [0.29, 0.717) is 17.1 Å². The Balaban J connectivity index is 0.000000383. The van der Waals surface area contributed by atoms with Gasteiger partial charge in [0.15, 0.2) is 5.65 Å². The first-order valence-corrected chi connectivity index (χ1v) is 10.6. The van der Waals surface area contributed by atoms with Crippen LogP contribution in [-0.4, -0.2) is 43.9 Å². The number of carbonyl (C=O) groups is 1. The average molecular weight is 485 g/mol. The highest BCUT2D eigenvalue weighted by Crippen LogP contribution is 2.31. The van der Waals surface area contributed by atoms with E-state index >= 15 is 0 Å². The zero-order valence-electron chi connectivity index (χ0n) is 17.7. The van der Waals surface area contributed by atoms with E-state index in [9.17, 15) is 13.2 Å². The zero-order chi connectivity index (χ0) is 24.2. The van der Waals surface area contributed by atoms with Gasteiger partial charge in [-0.15, -0.1) is 0 Å². The number of hydrogen-bond donors (Lipinski definition) is 4. The number of halogens is 4. The van der Waals surface area contributed by atoms with Crippen molar-refractivity contribution in [3.63, 3.8) is 0 Å². The summed E-state index contributed by atoms with van der Waals surface area (Å²) in [7, 11) is 0. The van der Waals surface area contributed by atoms with Crippen LogP contribution < -0.4 is 16.4 Å². The Labute approximate surface area is 192 Å².